The molecule has 25 heavy (non-hydrogen) atoms. The summed E-state index contributed by atoms with van der Waals surface area (Å²) in [6.45, 7) is 2.38. The van der Waals surface area contributed by atoms with Crippen LogP contribution in [0.2, 0.25) is 0 Å². The Hall–Kier alpha value is -2.95. The van der Waals surface area contributed by atoms with Crippen LogP contribution in [-0.4, -0.2) is 20.4 Å². The molecule has 0 radical (unpaired) electrons. The Labute approximate surface area is 146 Å². The van der Waals surface area contributed by atoms with Gasteiger partial charge in [0, 0.05) is 13.6 Å². The fourth-order valence-corrected chi connectivity index (χ4v) is 2.79. The summed E-state index contributed by atoms with van der Waals surface area (Å²) in [5.41, 5.74) is 2.43. The lowest BCUT2D eigenvalue weighted by atomic mass is 10.1. The van der Waals surface area contributed by atoms with E-state index < -0.39 is 0 Å². The van der Waals surface area contributed by atoms with E-state index in [2.05, 4.69) is 4.98 Å². The van der Waals surface area contributed by atoms with E-state index in [0.29, 0.717) is 12.2 Å². The van der Waals surface area contributed by atoms with E-state index in [1.54, 1.807) is 41.2 Å². The van der Waals surface area contributed by atoms with Crippen molar-refractivity contribution >= 4 is 5.91 Å². The predicted molar refractivity (Wildman–Crippen MR) is 94.3 cm³/mol. The molecule has 0 N–H and O–H groups in total. The highest BCUT2D eigenvalue weighted by Gasteiger charge is 2.25. The van der Waals surface area contributed by atoms with Crippen molar-refractivity contribution in [3.8, 4) is 0 Å². The molecule has 0 saturated heterocycles. The van der Waals surface area contributed by atoms with Gasteiger partial charge in [-0.15, -0.1) is 0 Å². The van der Waals surface area contributed by atoms with Gasteiger partial charge in [-0.25, -0.2) is 9.37 Å². The monoisotopic (exact) mass is 337 g/mol. The number of aromatic nitrogens is 2. The first-order valence-electron chi connectivity index (χ1n) is 8.13. The molecular formula is C20H20FN3O. The van der Waals surface area contributed by atoms with E-state index in [1.807, 2.05) is 37.3 Å². The van der Waals surface area contributed by atoms with Gasteiger partial charge in [0.2, 0.25) is 0 Å². The van der Waals surface area contributed by atoms with Crippen LogP contribution in [0.3, 0.4) is 0 Å². The molecule has 1 atom stereocenters. The molecular weight excluding hydrogens is 317 g/mol. The van der Waals surface area contributed by atoms with Gasteiger partial charge in [-0.2, -0.15) is 0 Å². The lowest BCUT2D eigenvalue weighted by Gasteiger charge is -2.30. The van der Waals surface area contributed by atoms with Gasteiger partial charge in [0.05, 0.1) is 18.6 Å². The van der Waals surface area contributed by atoms with Crippen LogP contribution in [0.25, 0.3) is 0 Å². The minimum absolute atomic E-state index is 0.110. The van der Waals surface area contributed by atoms with Gasteiger partial charge < -0.3 is 9.47 Å². The third kappa shape index (κ3) is 3.76. The van der Waals surface area contributed by atoms with E-state index in [4.69, 9.17) is 0 Å². The fraction of sp³-hybridized carbons (Fsp3) is 0.200. The summed E-state index contributed by atoms with van der Waals surface area (Å²) in [6, 6.07) is 16.0. The fourth-order valence-electron chi connectivity index (χ4n) is 2.79. The van der Waals surface area contributed by atoms with Crippen molar-refractivity contribution in [1.82, 2.24) is 14.5 Å². The number of hydrogen-bond acceptors (Lipinski definition) is 2. The molecule has 1 aromatic heterocycles. The smallest absolute Gasteiger partial charge is 0.272 e. The zero-order chi connectivity index (χ0) is 17.8. The number of amides is 1. The Morgan fingerprint density at radius 2 is 1.84 bits per heavy atom. The van der Waals surface area contributed by atoms with E-state index >= 15 is 0 Å². The van der Waals surface area contributed by atoms with Crippen molar-refractivity contribution in [2.75, 3.05) is 0 Å². The minimum atomic E-state index is -0.288. The topological polar surface area (TPSA) is 38.1 Å². The molecule has 0 aliphatic rings. The number of imidazole rings is 1. The summed E-state index contributed by atoms with van der Waals surface area (Å²) in [4.78, 5) is 18.9. The quantitative estimate of drug-likeness (QED) is 0.707. The van der Waals surface area contributed by atoms with Gasteiger partial charge in [-0.1, -0.05) is 42.5 Å². The van der Waals surface area contributed by atoms with Crippen molar-refractivity contribution in [3.05, 3.63) is 89.8 Å². The Morgan fingerprint density at radius 1 is 1.16 bits per heavy atom. The molecule has 0 unspecified atom stereocenters. The SMILES string of the molecule is C[C@H](c1ccccc1)N(Cc1ccc(F)cc1)C(=O)c1cncn1C. The first-order valence-corrected chi connectivity index (χ1v) is 8.13. The maximum Gasteiger partial charge on any atom is 0.272 e. The van der Waals surface area contributed by atoms with Crippen LogP contribution in [0.4, 0.5) is 4.39 Å². The number of nitrogens with zero attached hydrogens (tertiary/aromatic N) is 3. The van der Waals surface area contributed by atoms with Gasteiger partial charge in [-0.05, 0) is 30.2 Å². The second-order valence-corrected chi connectivity index (χ2v) is 6.04. The highest BCUT2D eigenvalue weighted by Crippen LogP contribution is 2.24. The van der Waals surface area contributed by atoms with Gasteiger partial charge in [-0.3, -0.25) is 4.79 Å². The summed E-state index contributed by atoms with van der Waals surface area (Å²) in [7, 11) is 1.80. The van der Waals surface area contributed by atoms with Crippen molar-refractivity contribution in [3.63, 3.8) is 0 Å². The average Bonchev–Trinajstić information content (AvgIpc) is 3.07. The highest BCUT2D eigenvalue weighted by molar-refractivity contribution is 5.92. The molecule has 0 fully saturated rings. The summed E-state index contributed by atoms with van der Waals surface area (Å²) in [5, 5.41) is 0. The largest absolute Gasteiger partial charge is 0.330 e. The van der Waals surface area contributed by atoms with Crippen molar-refractivity contribution in [2.24, 2.45) is 7.05 Å². The average molecular weight is 337 g/mol. The lowest BCUT2D eigenvalue weighted by Crippen LogP contribution is -2.34. The molecule has 0 spiro atoms. The third-order valence-corrected chi connectivity index (χ3v) is 4.31. The number of halogens is 1. The molecule has 2 aromatic carbocycles. The second-order valence-electron chi connectivity index (χ2n) is 6.04. The van der Waals surface area contributed by atoms with Crippen LogP contribution >= 0.6 is 0 Å². The Balaban J connectivity index is 1.94. The number of rotatable bonds is 5. The van der Waals surface area contributed by atoms with E-state index in [9.17, 15) is 9.18 Å². The first-order chi connectivity index (χ1) is 12.1. The van der Waals surface area contributed by atoms with Crippen molar-refractivity contribution in [1.29, 1.82) is 0 Å². The normalized spacial score (nSPS) is 12.0. The molecule has 4 nitrogen and oxygen atoms in total. The minimum Gasteiger partial charge on any atom is -0.330 e. The van der Waals surface area contributed by atoms with Gasteiger partial charge in [0.25, 0.3) is 5.91 Å². The van der Waals surface area contributed by atoms with E-state index in [-0.39, 0.29) is 17.8 Å². The van der Waals surface area contributed by atoms with Gasteiger partial charge in [0.1, 0.15) is 11.5 Å². The summed E-state index contributed by atoms with van der Waals surface area (Å²) in [5.74, 6) is -0.398. The number of carbonyl (C=O) groups excluding carboxylic acids is 1. The highest BCUT2D eigenvalue weighted by atomic mass is 19.1. The predicted octanol–water partition coefficient (Wildman–Crippen LogP) is 3.96. The molecule has 3 aromatic rings. The number of benzene rings is 2. The number of carbonyl (C=O) groups is 1. The summed E-state index contributed by atoms with van der Waals surface area (Å²) in [6.07, 6.45) is 3.17. The van der Waals surface area contributed by atoms with Gasteiger partial charge >= 0.3 is 0 Å². The molecule has 3 rings (SSSR count). The third-order valence-electron chi connectivity index (χ3n) is 4.31. The molecule has 0 aliphatic carbocycles. The van der Waals surface area contributed by atoms with Crippen molar-refractivity contribution in [2.45, 2.75) is 19.5 Å². The van der Waals surface area contributed by atoms with Gasteiger partial charge in [0.15, 0.2) is 0 Å². The maximum atomic E-state index is 13.2. The van der Waals surface area contributed by atoms with Crippen LogP contribution < -0.4 is 0 Å². The molecule has 0 aliphatic heterocycles. The molecule has 0 bridgehead atoms. The second kappa shape index (κ2) is 7.30. The zero-order valence-electron chi connectivity index (χ0n) is 14.3. The van der Waals surface area contributed by atoms with E-state index in [1.165, 1.54) is 12.1 Å². The maximum absolute atomic E-state index is 13.2. The summed E-state index contributed by atoms with van der Waals surface area (Å²) >= 11 is 0. The Bertz CT molecular complexity index is 843. The lowest BCUT2D eigenvalue weighted by molar-refractivity contribution is 0.0664. The van der Waals surface area contributed by atoms with Crippen LogP contribution in [0.5, 0.6) is 0 Å². The standard InChI is InChI=1S/C20H20FN3O/c1-15(17-6-4-3-5-7-17)24(13-16-8-10-18(21)11-9-16)20(25)19-12-22-14-23(19)2/h3-12,14-15H,13H2,1-2H3/t15-/m1/s1. The van der Waals surface area contributed by atoms with Crippen LogP contribution in [0.15, 0.2) is 67.1 Å². The van der Waals surface area contributed by atoms with Crippen LogP contribution in [-0.2, 0) is 13.6 Å². The molecule has 0 saturated carbocycles. The zero-order valence-corrected chi connectivity index (χ0v) is 14.3. The van der Waals surface area contributed by atoms with Crippen molar-refractivity contribution < 1.29 is 9.18 Å². The number of aryl methyl sites for hydroxylation is 1. The van der Waals surface area contributed by atoms with Crippen LogP contribution in [0.1, 0.15) is 34.6 Å². The molecule has 128 valence electrons. The number of hydrogen-bond donors (Lipinski definition) is 0. The van der Waals surface area contributed by atoms with E-state index in [0.717, 1.165) is 11.1 Å². The first kappa shape index (κ1) is 16.9. The Morgan fingerprint density at radius 3 is 2.44 bits per heavy atom. The Kier molecular flexibility index (Phi) is 4.93. The molecule has 5 heteroatoms. The summed E-state index contributed by atoms with van der Waals surface area (Å²) < 4.78 is 14.9. The molecule has 1 heterocycles. The molecule has 1 amide bonds. The van der Waals surface area contributed by atoms with Crippen LogP contribution in [0, 0.1) is 5.82 Å².